The lowest BCUT2D eigenvalue weighted by molar-refractivity contribution is -0.132. The minimum Gasteiger partial charge on any atom is -0.467 e. The van der Waals surface area contributed by atoms with Gasteiger partial charge in [0.25, 0.3) is 0 Å². The average molecular weight is 308 g/mol. The largest absolute Gasteiger partial charge is 0.467 e. The monoisotopic (exact) mass is 308 g/mol. The van der Waals surface area contributed by atoms with Crippen LogP contribution >= 0.6 is 11.8 Å². The van der Waals surface area contributed by atoms with Gasteiger partial charge in [0.15, 0.2) is 5.16 Å². The smallest absolute Gasteiger partial charge is 0.233 e. The highest BCUT2D eigenvalue weighted by molar-refractivity contribution is 7.99. The average Bonchev–Trinajstić information content (AvgIpc) is 3.18. The van der Waals surface area contributed by atoms with Crippen molar-refractivity contribution in [3.63, 3.8) is 0 Å². The van der Waals surface area contributed by atoms with Crippen LogP contribution in [0, 0.1) is 0 Å². The molecule has 1 aliphatic heterocycles. The summed E-state index contributed by atoms with van der Waals surface area (Å²) in [5.74, 6) is 1.30. The number of ether oxygens (including phenoxy) is 1. The first kappa shape index (κ1) is 14.2. The third-order valence-corrected chi connectivity index (χ3v) is 4.14. The van der Waals surface area contributed by atoms with E-state index < -0.39 is 0 Å². The van der Waals surface area contributed by atoms with Crippen LogP contribution < -0.4 is 0 Å². The zero-order valence-electron chi connectivity index (χ0n) is 11.5. The van der Waals surface area contributed by atoms with E-state index in [9.17, 15) is 4.79 Å². The number of hydrogen-bond acceptors (Lipinski definition) is 6. The van der Waals surface area contributed by atoms with Gasteiger partial charge in [-0.1, -0.05) is 11.8 Å². The maximum Gasteiger partial charge on any atom is 0.233 e. The predicted molar refractivity (Wildman–Crippen MR) is 76.0 cm³/mol. The number of amides is 1. The van der Waals surface area contributed by atoms with Crippen molar-refractivity contribution >= 4 is 17.7 Å². The third-order valence-electron chi connectivity index (χ3n) is 3.17. The maximum absolute atomic E-state index is 12.1. The van der Waals surface area contributed by atoms with Gasteiger partial charge in [-0.05, 0) is 12.1 Å². The van der Waals surface area contributed by atoms with E-state index in [0.29, 0.717) is 43.8 Å². The van der Waals surface area contributed by atoms with Gasteiger partial charge in [-0.15, -0.1) is 10.2 Å². The zero-order valence-corrected chi connectivity index (χ0v) is 12.3. The molecule has 112 valence electrons. The summed E-state index contributed by atoms with van der Waals surface area (Å²) in [5.41, 5.74) is 0. The number of morpholine rings is 1. The van der Waals surface area contributed by atoms with E-state index in [-0.39, 0.29) is 5.91 Å². The fourth-order valence-corrected chi connectivity index (χ4v) is 2.88. The van der Waals surface area contributed by atoms with Gasteiger partial charge in [0.2, 0.25) is 5.91 Å². The number of aromatic nitrogens is 3. The second kappa shape index (κ2) is 6.77. The van der Waals surface area contributed by atoms with Crippen molar-refractivity contribution in [2.75, 3.05) is 32.1 Å². The van der Waals surface area contributed by atoms with Gasteiger partial charge in [-0.25, -0.2) is 0 Å². The molecule has 1 aliphatic rings. The summed E-state index contributed by atoms with van der Waals surface area (Å²) in [6, 6.07) is 3.74. The molecule has 0 atom stereocenters. The third kappa shape index (κ3) is 3.64. The topological polar surface area (TPSA) is 73.4 Å². The van der Waals surface area contributed by atoms with Crippen LogP contribution in [0.5, 0.6) is 0 Å². The molecule has 3 heterocycles. The first-order chi connectivity index (χ1) is 10.3. The quantitative estimate of drug-likeness (QED) is 0.763. The normalized spacial score (nSPS) is 15.3. The molecule has 1 fully saturated rings. The predicted octanol–water partition coefficient (Wildman–Crippen LogP) is 0.870. The summed E-state index contributed by atoms with van der Waals surface area (Å²) in [6.45, 7) is 3.13. The minimum absolute atomic E-state index is 0.107. The van der Waals surface area contributed by atoms with Gasteiger partial charge in [0, 0.05) is 13.1 Å². The minimum atomic E-state index is 0.107. The summed E-state index contributed by atoms with van der Waals surface area (Å²) < 4.78 is 12.4. The highest BCUT2D eigenvalue weighted by Crippen LogP contribution is 2.17. The van der Waals surface area contributed by atoms with Crippen LogP contribution in [0.2, 0.25) is 0 Å². The summed E-state index contributed by atoms with van der Waals surface area (Å²) >= 11 is 1.39. The molecule has 2 aromatic rings. The number of carbonyl (C=O) groups excluding carboxylic acids is 1. The van der Waals surface area contributed by atoms with Crippen LogP contribution in [0.4, 0.5) is 0 Å². The van der Waals surface area contributed by atoms with E-state index in [0.717, 1.165) is 5.76 Å². The molecule has 8 heteroatoms. The van der Waals surface area contributed by atoms with Crippen molar-refractivity contribution in [2.45, 2.75) is 11.7 Å². The molecule has 0 unspecified atom stereocenters. The maximum atomic E-state index is 12.1. The van der Waals surface area contributed by atoms with E-state index in [1.54, 1.807) is 12.6 Å². The van der Waals surface area contributed by atoms with Crippen LogP contribution in [0.1, 0.15) is 5.76 Å². The lowest BCUT2D eigenvalue weighted by Gasteiger charge is -2.26. The van der Waals surface area contributed by atoms with Crippen LogP contribution in [0.3, 0.4) is 0 Å². The molecule has 0 aliphatic carbocycles. The fraction of sp³-hybridized carbons (Fsp3) is 0.462. The molecular weight excluding hydrogens is 292 g/mol. The Morgan fingerprint density at radius 1 is 1.38 bits per heavy atom. The first-order valence-corrected chi connectivity index (χ1v) is 7.70. The summed E-state index contributed by atoms with van der Waals surface area (Å²) in [4.78, 5) is 13.9. The van der Waals surface area contributed by atoms with Gasteiger partial charge in [0.1, 0.15) is 12.1 Å². The Kier molecular flexibility index (Phi) is 4.56. The summed E-state index contributed by atoms with van der Waals surface area (Å²) in [6.07, 6.45) is 3.28. The number of furan rings is 1. The Morgan fingerprint density at radius 2 is 2.24 bits per heavy atom. The molecule has 1 amide bonds. The van der Waals surface area contributed by atoms with Crippen molar-refractivity contribution < 1.29 is 13.9 Å². The molecule has 21 heavy (non-hydrogen) atoms. The van der Waals surface area contributed by atoms with Gasteiger partial charge in [-0.2, -0.15) is 0 Å². The van der Waals surface area contributed by atoms with E-state index in [2.05, 4.69) is 10.2 Å². The fourth-order valence-electron chi connectivity index (χ4n) is 2.07. The lowest BCUT2D eigenvalue weighted by atomic mass is 10.4. The second-order valence-corrected chi connectivity index (χ2v) is 5.55. The van der Waals surface area contributed by atoms with Crippen molar-refractivity contribution in [1.29, 1.82) is 0 Å². The molecular formula is C13H16N4O3S. The molecule has 1 saturated heterocycles. The molecule has 2 aromatic heterocycles. The lowest BCUT2D eigenvalue weighted by Crippen LogP contribution is -2.41. The van der Waals surface area contributed by atoms with Gasteiger partial charge >= 0.3 is 0 Å². The highest BCUT2D eigenvalue weighted by Gasteiger charge is 2.18. The van der Waals surface area contributed by atoms with E-state index >= 15 is 0 Å². The van der Waals surface area contributed by atoms with Crippen LogP contribution in [-0.4, -0.2) is 57.6 Å². The molecule has 0 radical (unpaired) electrons. The van der Waals surface area contributed by atoms with Crippen LogP contribution in [-0.2, 0) is 16.1 Å². The van der Waals surface area contributed by atoms with Crippen LogP contribution in [0.15, 0.2) is 34.3 Å². The molecule has 0 aromatic carbocycles. The second-order valence-electron chi connectivity index (χ2n) is 4.60. The standard InChI is InChI=1S/C13H16N4O3S/c18-12(16-3-6-19-7-4-16)9-21-13-15-14-10-17(13)8-11-2-1-5-20-11/h1-2,5,10H,3-4,6-9H2. The SMILES string of the molecule is O=C(CSc1nncn1Cc1ccco1)N1CCOCC1. The molecule has 0 bridgehead atoms. The number of rotatable bonds is 5. The van der Waals surface area contributed by atoms with Crippen molar-refractivity contribution in [2.24, 2.45) is 0 Å². The number of hydrogen-bond donors (Lipinski definition) is 0. The number of thioether (sulfide) groups is 1. The number of carbonyl (C=O) groups is 1. The summed E-state index contributed by atoms with van der Waals surface area (Å²) in [5, 5.41) is 8.67. The number of nitrogens with zero attached hydrogens (tertiary/aromatic N) is 4. The molecule has 3 rings (SSSR count). The van der Waals surface area contributed by atoms with Crippen molar-refractivity contribution in [1.82, 2.24) is 19.7 Å². The molecule has 7 nitrogen and oxygen atoms in total. The van der Waals surface area contributed by atoms with Crippen LogP contribution in [0.25, 0.3) is 0 Å². The molecule has 0 spiro atoms. The highest BCUT2D eigenvalue weighted by atomic mass is 32.2. The van der Waals surface area contributed by atoms with Gasteiger partial charge in [-0.3, -0.25) is 4.79 Å². The van der Waals surface area contributed by atoms with E-state index in [1.165, 1.54) is 11.8 Å². The van der Waals surface area contributed by atoms with E-state index in [4.69, 9.17) is 9.15 Å². The Bertz CT molecular complexity index is 578. The van der Waals surface area contributed by atoms with Crippen molar-refractivity contribution in [3.8, 4) is 0 Å². The first-order valence-electron chi connectivity index (χ1n) is 6.71. The Hall–Kier alpha value is -1.80. The molecule has 0 saturated carbocycles. The van der Waals surface area contributed by atoms with Gasteiger partial charge < -0.3 is 18.6 Å². The van der Waals surface area contributed by atoms with Crippen molar-refractivity contribution in [3.05, 3.63) is 30.5 Å². The summed E-state index contributed by atoms with van der Waals surface area (Å²) in [7, 11) is 0. The zero-order chi connectivity index (χ0) is 14.5. The molecule has 0 N–H and O–H groups in total. The Morgan fingerprint density at radius 3 is 3.00 bits per heavy atom. The Balaban J connectivity index is 1.55. The van der Waals surface area contributed by atoms with E-state index in [1.807, 2.05) is 21.6 Å². The van der Waals surface area contributed by atoms with Gasteiger partial charge in [0.05, 0.1) is 31.8 Å². The Labute approximate surface area is 126 Å².